The molecule has 2 aromatic rings. The number of carbonyl (C=O) groups excluding carboxylic acids is 1. The third-order valence-electron chi connectivity index (χ3n) is 3.67. The Labute approximate surface area is 137 Å². The standard InChI is InChI=1S/C19H23NO3/c1-12-10-13(2)18(14(3)11-12)20-19(21)15(4)23-17-9-7-6-8-16(17)22-5/h6-11,15H,1-5H3,(H,20,21)/t15-/m0/s1. The molecule has 1 N–H and O–H groups in total. The van der Waals surface area contributed by atoms with E-state index >= 15 is 0 Å². The summed E-state index contributed by atoms with van der Waals surface area (Å²) in [5.74, 6) is 0.968. The number of benzene rings is 2. The molecule has 0 heterocycles. The van der Waals surface area contributed by atoms with Crippen LogP contribution in [-0.2, 0) is 4.79 Å². The van der Waals surface area contributed by atoms with Gasteiger partial charge >= 0.3 is 0 Å². The molecule has 122 valence electrons. The van der Waals surface area contributed by atoms with Gasteiger partial charge in [-0.25, -0.2) is 0 Å². The van der Waals surface area contributed by atoms with Crippen LogP contribution in [0.1, 0.15) is 23.6 Å². The van der Waals surface area contributed by atoms with Gasteiger partial charge in [-0.2, -0.15) is 0 Å². The molecule has 2 aromatic carbocycles. The Balaban J connectivity index is 2.12. The van der Waals surface area contributed by atoms with Gasteiger partial charge in [0.25, 0.3) is 5.91 Å². The predicted molar refractivity (Wildman–Crippen MR) is 92.4 cm³/mol. The first kappa shape index (κ1) is 16.9. The molecule has 4 nitrogen and oxygen atoms in total. The fourth-order valence-corrected chi connectivity index (χ4v) is 2.56. The molecular weight excluding hydrogens is 290 g/mol. The van der Waals surface area contributed by atoms with Crippen LogP contribution < -0.4 is 14.8 Å². The molecule has 0 aliphatic carbocycles. The van der Waals surface area contributed by atoms with Crippen LogP contribution in [0.15, 0.2) is 36.4 Å². The summed E-state index contributed by atoms with van der Waals surface area (Å²) >= 11 is 0. The van der Waals surface area contributed by atoms with E-state index in [1.807, 2.05) is 45.0 Å². The number of ether oxygens (including phenoxy) is 2. The summed E-state index contributed by atoms with van der Waals surface area (Å²) in [5.41, 5.74) is 4.10. The zero-order valence-electron chi connectivity index (χ0n) is 14.3. The minimum atomic E-state index is -0.633. The molecule has 1 atom stereocenters. The van der Waals surface area contributed by atoms with Crippen LogP contribution >= 0.6 is 0 Å². The number of aryl methyl sites for hydroxylation is 3. The van der Waals surface area contributed by atoms with Gasteiger partial charge in [0.05, 0.1) is 7.11 Å². The van der Waals surface area contributed by atoms with Crippen molar-refractivity contribution in [3.63, 3.8) is 0 Å². The summed E-state index contributed by atoms with van der Waals surface area (Å²) in [5, 5.41) is 2.96. The molecule has 0 unspecified atom stereocenters. The maximum Gasteiger partial charge on any atom is 0.265 e. The molecule has 0 aliphatic rings. The number of rotatable bonds is 5. The van der Waals surface area contributed by atoms with Crippen molar-refractivity contribution in [2.24, 2.45) is 0 Å². The van der Waals surface area contributed by atoms with Gasteiger partial charge in [-0.1, -0.05) is 29.8 Å². The average Bonchev–Trinajstić information content (AvgIpc) is 2.51. The van der Waals surface area contributed by atoms with E-state index in [2.05, 4.69) is 5.32 Å². The van der Waals surface area contributed by atoms with Crippen LogP contribution in [0.3, 0.4) is 0 Å². The van der Waals surface area contributed by atoms with E-state index in [0.717, 1.165) is 16.8 Å². The monoisotopic (exact) mass is 313 g/mol. The quantitative estimate of drug-likeness (QED) is 0.906. The molecule has 4 heteroatoms. The summed E-state index contributed by atoms with van der Waals surface area (Å²) in [4.78, 5) is 12.4. The van der Waals surface area contributed by atoms with Crippen molar-refractivity contribution in [1.29, 1.82) is 0 Å². The first-order chi connectivity index (χ1) is 10.9. The van der Waals surface area contributed by atoms with E-state index in [0.29, 0.717) is 11.5 Å². The van der Waals surface area contributed by atoms with Crippen molar-refractivity contribution in [2.75, 3.05) is 12.4 Å². The molecular formula is C19H23NO3. The fraction of sp³-hybridized carbons (Fsp3) is 0.316. The molecule has 0 aliphatic heterocycles. The Bertz CT molecular complexity index is 687. The Morgan fingerprint density at radius 1 is 1.04 bits per heavy atom. The van der Waals surface area contributed by atoms with E-state index in [9.17, 15) is 4.79 Å². The highest BCUT2D eigenvalue weighted by atomic mass is 16.5. The number of anilines is 1. The van der Waals surface area contributed by atoms with Crippen LogP contribution in [0, 0.1) is 20.8 Å². The summed E-state index contributed by atoms with van der Waals surface area (Å²) in [6, 6.07) is 11.4. The van der Waals surface area contributed by atoms with Crippen molar-refractivity contribution in [2.45, 2.75) is 33.8 Å². The second-order valence-corrected chi connectivity index (χ2v) is 5.67. The summed E-state index contributed by atoms with van der Waals surface area (Å²) < 4.78 is 11.0. The summed E-state index contributed by atoms with van der Waals surface area (Å²) in [7, 11) is 1.58. The maximum atomic E-state index is 12.4. The Kier molecular flexibility index (Phi) is 5.27. The lowest BCUT2D eigenvalue weighted by atomic mass is 10.0. The lowest BCUT2D eigenvalue weighted by Crippen LogP contribution is -2.30. The Morgan fingerprint density at radius 2 is 1.61 bits per heavy atom. The second kappa shape index (κ2) is 7.18. The molecule has 1 amide bonds. The third-order valence-corrected chi connectivity index (χ3v) is 3.67. The van der Waals surface area contributed by atoms with E-state index in [4.69, 9.17) is 9.47 Å². The number of hydrogen-bond acceptors (Lipinski definition) is 3. The van der Waals surface area contributed by atoms with Gasteiger partial charge in [0.2, 0.25) is 0 Å². The molecule has 0 saturated heterocycles. The van der Waals surface area contributed by atoms with E-state index in [1.165, 1.54) is 5.56 Å². The van der Waals surface area contributed by atoms with Gasteiger partial charge < -0.3 is 14.8 Å². The van der Waals surface area contributed by atoms with Crippen LogP contribution in [0.2, 0.25) is 0 Å². The SMILES string of the molecule is COc1ccccc1O[C@@H](C)C(=O)Nc1c(C)cc(C)cc1C. The van der Waals surface area contributed by atoms with Gasteiger partial charge in [0.15, 0.2) is 17.6 Å². The third kappa shape index (κ3) is 4.03. The lowest BCUT2D eigenvalue weighted by Gasteiger charge is -2.18. The highest BCUT2D eigenvalue weighted by Gasteiger charge is 2.18. The molecule has 0 aromatic heterocycles. The lowest BCUT2D eigenvalue weighted by molar-refractivity contribution is -0.122. The first-order valence-electron chi connectivity index (χ1n) is 7.60. The minimum Gasteiger partial charge on any atom is -0.493 e. The van der Waals surface area contributed by atoms with Crippen molar-refractivity contribution >= 4 is 11.6 Å². The number of methoxy groups -OCH3 is 1. The molecule has 0 saturated carbocycles. The second-order valence-electron chi connectivity index (χ2n) is 5.67. The van der Waals surface area contributed by atoms with E-state index in [-0.39, 0.29) is 5.91 Å². The molecule has 0 radical (unpaired) electrons. The molecule has 23 heavy (non-hydrogen) atoms. The summed E-state index contributed by atoms with van der Waals surface area (Å²) in [6.45, 7) is 7.74. The van der Waals surface area contributed by atoms with Crippen molar-refractivity contribution < 1.29 is 14.3 Å². The van der Waals surface area contributed by atoms with Crippen molar-refractivity contribution in [3.8, 4) is 11.5 Å². The first-order valence-corrected chi connectivity index (χ1v) is 7.60. The molecule has 2 rings (SSSR count). The maximum absolute atomic E-state index is 12.4. The van der Waals surface area contributed by atoms with Crippen LogP contribution in [-0.4, -0.2) is 19.1 Å². The number of carbonyl (C=O) groups is 1. The average molecular weight is 313 g/mol. The topological polar surface area (TPSA) is 47.6 Å². The highest BCUT2D eigenvalue weighted by molar-refractivity contribution is 5.95. The van der Waals surface area contributed by atoms with Crippen molar-refractivity contribution in [1.82, 2.24) is 0 Å². The predicted octanol–water partition coefficient (Wildman–Crippen LogP) is 4.03. The van der Waals surface area contributed by atoms with Gasteiger partial charge in [0.1, 0.15) is 0 Å². The zero-order valence-corrected chi connectivity index (χ0v) is 14.3. The number of amides is 1. The molecule has 0 fully saturated rings. The largest absolute Gasteiger partial charge is 0.493 e. The minimum absolute atomic E-state index is 0.189. The smallest absolute Gasteiger partial charge is 0.265 e. The fourth-order valence-electron chi connectivity index (χ4n) is 2.56. The number of nitrogens with one attached hydrogen (secondary N) is 1. The number of hydrogen-bond donors (Lipinski definition) is 1. The Morgan fingerprint density at radius 3 is 2.17 bits per heavy atom. The molecule has 0 bridgehead atoms. The normalized spacial score (nSPS) is 11.7. The van der Waals surface area contributed by atoms with Gasteiger partial charge in [-0.3, -0.25) is 4.79 Å². The molecule has 0 spiro atoms. The summed E-state index contributed by atoms with van der Waals surface area (Å²) in [6.07, 6.45) is -0.633. The Hall–Kier alpha value is -2.49. The van der Waals surface area contributed by atoms with Crippen molar-refractivity contribution in [3.05, 3.63) is 53.1 Å². The van der Waals surface area contributed by atoms with Gasteiger partial charge in [-0.05, 0) is 51.0 Å². The number of para-hydroxylation sites is 2. The van der Waals surface area contributed by atoms with Crippen LogP contribution in [0.5, 0.6) is 11.5 Å². The zero-order chi connectivity index (χ0) is 17.0. The van der Waals surface area contributed by atoms with Crippen LogP contribution in [0.4, 0.5) is 5.69 Å². The van der Waals surface area contributed by atoms with Gasteiger partial charge in [-0.15, -0.1) is 0 Å². The van der Waals surface area contributed by atoms with Crippen LogP contribution in [0.25, 0.3) is 0 Å². The van der Waals surface area contributed by atoms with Gasteiger partial charge in [0, 0.05) is 5.69 Å². The van der Waals surface area contributed by atoms with E-state index < -0.39 is 6.10 Å². The highest BCUT2D eigenvalue weighted by Crippen LogP contribution is 2.27. The van der Waals surface area contributed by atoms with E-state index in [1.54, 1.807) is 26.2 Å².